The Morgan fingerprint density at radius 2 is 1.76 bits per heavy atom. The number of esters is 1. The number of H-pyrrole nitrogens is 1. The molecule has 0 radical (unpaired) electrons. The zero-order valence-corrected chi connectivity index (χ0v) is 17.7. The van der Waals surface area contributed by atoms with Crippen LogP contribution in [0.5, 0.6) is 0 Å². The Bertz CT molecular complexity index is 939. The molecule has 6 nitrogen and oxygen atoms in total. The highest BCUT2D eigenvalue weighted by atomic mass is 16.5. The smallest absolute Gasteiger partial charge is 0.355 e. The van der Waals surface area contributed by atoms with Crippen molar-refractivity contribution in [2.24, 2.45) is 0 Å². The summed E-state index contributed by atoms with van der Waals surface area (Å²) in [5.74, 6) is -0.779. The first kappa shape index (κ1) is 20.8. The van der Waals surface area contributed by atoms with Crippen molar-refractivity contribution < 1.29 is 19.1 Å². The Hall–Kier alpha value is -2.89. The largest absolute Gasteiger partial charge is 0.461 e. The SMILES string of the molecule is CCOC(=O)c1[nH]c(C)c(C(=O)C(C)N(C(=O)c2ccc(C)cc2)C2CC2)c1C. The van der Waals surface area contributed by atoms with Crippen LogP contribution >= 0.6 is 0 Å². The van der Waals surface area contributed by atoms with Crippen LogP contribution in [0.4, 0.5) is 0 Å². The number of nitrogens with zero attached hydrogens (tertiary/aromatic N) is 1. The number of benzene rings is 1. The Kier molecular flexibility index (Phi) is 5.91. The summed E-state index contributed by atoms with van der Waals surface area (Å²) in [4.78, 5) is 43.4. The second-order valence-corrected chi connectivity index (χ2v) is 7.70. The molecule has 1 aliphatic carbocycles. The minimum Gasteiger partial charge on any atom is -0.461 e. The summed E-state index contributed by atoms with van der Waals surface area (Å²) in [6, 6.07) is 6.85. The first-order valence-corrected chi connectivity index (χ1v) is 10.1. The number of Topliss-reactive ketones (excluding diaryl/α,β-unsaturated/α-hetero) is 1. The standard InChI is InChI=1S/C23H28N2O4/c1-6-29-23(28)20-14(3)19(15(4)24-20)21(26)16(5)25(18-11-12-18)22(27)17-9-7-13(2)8-10-17/h7-10,16,18,24H,6,11-12H2,1-5H3. The van der Waals surface area contributed by atoms with E-state index in [1.54, 1.807) is 44.7 Å². The summed E-state index contributed by atoms with van der Waals surface area (Å²) < 4.78 is 5.07. The van der Waals surface area contributed by atoms with Crippen LogP contribution in [0.25, 0.3) is 0 Å². The van der Waals surface area contributed by atoms with Gasteiger partial charge in [0.05, 0.1) is 12.6 Å². The lowest BCUT2D eigenvalue weighted by Gasteiger charge is -2.29. The average Bonchev–Trinajstić information content (AvgIpc) is 3.46. The number of hydrogen-bond donors (Lipinski definition) is 1. The van der Waals surface area contributed by atoms with Gasteiger partial charge in [0, 0.05) is 22.9 Å². The number of rotatable bonds is 7. The Morgan fingerprint density at radius 3 is 2.31 bits per heavy atom. The van der Waals surface area contributed by atoms with Crippen molar-refractivity contribution in [3.8, 4) is 0 Å². The van der Waals surface area contributed by atoms with E-state index in [1.807, 2.05) is 19.1 Å². The number of amides is 1. The highest BCUT2D eigenvalue weighted by Crippen LogP contribution is 2.32. The van der Waals surface area contributed by atoms with Gasteiger partial charge in [-0.3, -0.25) is 9.59 Å². The van der Waals surface area contributed by atoms with E-state index in [2.05, 4.69) is 4.98 Å². The molecule has 1 heterocycles. The van der Waals surface area contributed by atoms with Crippen LogP contribution in [0.3, 0.4) is 0 Å². The Balaban J connectivity index is 1.90. The molecule has 29 heavy (non-hydrogen) atoms. The van der Waals surface area contributed by atoms with Gasteiger partial charge in [0.15, 0.2) is 5.78 Å². The van der Waals surface area contributed by atoms with Crippen molar-refractivity contribution >= 4 is 17.7 Å². The van der Waals surface area contributed by atoms with E-state index in [0.717, 1.165) is 18.4 Å². The van der Waals surface area contributed by atoms with Crippen LogP contribution in [0.2, 0.25) is 0 Å². The van der Waals surface area contributed by atoms with Gasteiger partial charge in [-0.15, -0.1) is 0 Å². The average molecular weight is 396 g/mol. The molecule has 0 aliphatic heterocycles. The molecule has 1 unspecified atom stereocenters. The summed E-state index contributed by atoms with van der Waals surface area (Å²) in [5.41, 5.74) is 3.59. The van der Waals surface area contributed by atoms with E-state index in [9.17, 15) is 14.4 Å². The number of carbonyl (C=O) groups is 3. The van der Waals surface area contributed by atoms with Gasteiger partial charge in [-0.05, 0) is 65.2 Å². The molecule has 1 N–H and O–H groups in total. The second kappa shape index (κ2) is 8.23. The molecule has 6 heteroatoms. The topological polar surface area (TPSA) is 79.5 Å². The molecular weight excluding hydrogens is 368 g/mol. The van der Waals surface area contributed by atoms with Gasteiger partial charge >= 0.3 is 5.97 Å². The summed E-state index contributed by atoms with van der Waals surface area (Å²) in [6.07, 6.45) is 1.79. The Morgan fingerprint density at radius 1 is 1.14 bits per heavy atom. The van der Waals surface area contributed by atoms with E-state index in [-0.39, 0.29) is 24.3 Å². The van der Waals surface area contributed by atoms with Crippen molar-refractivity contribution in [1.29, 1.82) is 0 Å². The molecule has 154 valence electrons. The lowest BCUT2D eigenvalue weighted by Crippen LogP contribution is -2.45. The van der Waals surface area contributed by atoms with Gasteiger partial charge in [0.25, 0.3) is 5.91 Å². The van der Waals surface area contributed by atoms with E-state index in [4.69, 9.17) is 4.74 Å². The summed E-state index contributed by atoms with van der Waals surface area (Å²) in [6.45, 7) is 9.23. The molecule has 1 atom stereocenters. The van der Waals surface area contributed by atoms with E-state index in [1.165, 1.54) is 0 Å². The maximum Gasteiger partial charge on any atom is 0.355 e. The molecule has 2 aromatic rings. The highest BCUT2D eigenvalue weighted by molar-refractivity contribution is 6.07. The molecule has 1 fully saturated rings. The molecule has 1 aliphatic rings. The van der Waals surface area contributed by atoms with Crippen molar-refractivity contribution in [3.05, 3.63) is 57.9 Å². The van der Waals surface area contributed by atoms with E-state index >= 15 is 0 Å². The summed E-state index contributed by atoms with van der Waals surface area (Å²) in [5, 5.41) is 0. The fourth-order valence-corrected chi connectivity index (χ4v) is 3.72. The number of aromatic amines is 1. The van der Waals surface area contributed by atoms with Crippen LogP contribution < -0.4 is 0 Å². The van der Waals surface area contributed by atoms with Gasteiger partial charge in [0.2, 0.25) is 0 Å². The fourth-order valence-electron chi connectivity index (χ4n) is 3.72. The molecule has 1 aromatic heterocycles. The van der Waals surface area contributed by atoms with Gasteiger partial charge in [-0.2, -0.15) is 0 Å². The van der Waals surface area contributed by atoms with Gasteiger partial charge in [0.1, 0.15) is 5.69 Å². The third kappa shape index (κ3) is 4.11. The number of aryl methyl sites for hydroxylation is 2. The molecular formula is C23H28N2O4. The Labute approximate surface area is 171 Å². The molecule has 0 bridgehead atoms. The lowest BCUT2D eigenvalue weighted by molar-refractivity contribution is 0.0518. The molecule has 1 aromatic carbocycles. The normalized spacial score (nSPS) is 14.4. The van der Waals surface area contributed by atoms with Crippen molar-refractivity contribution in [2.75, 3.05) is 6.61 Å². The third-order valence-corrected chi connectivity index (χ3v) is 5.43. The summed E-state index contributed by atoms with van der Waals surface area (Å²) >= 11 is 0. The van der Waals surface area contributed by atoms with Gasteiger partial charge in [-0.25, -0.2) is 4.79 Å². The maximum absolute atomic E-state index is 13.4. The molecule has 0 spiro atoms. The van der Waals surface area contributed by atoms with Crippen molar-refractivity contribution in [3.63, 3.8) is 0 Å². The minimum absolute atomic E-state index is 0.0758. The first-order valence-electron chi connectivity index (χ1n) is 10.1. The molecule has 0 saturated heterocycles. The number of nitrogens with one attached hydrogen (secondary N) is 1. The predicted octanol–water partition coefficient (Wildman–Crippen LogP) is 3.99. The number of ether oxygens (including phenoxy) is 1. The molecule has 1 saturated carbocycles. The van der Waals surface area contributed by atoms with Crippen LogP contribution in [0, 0.1) is 20.8 Å². The van der Waals surface area contributed by atoms with E-state index < -0.39 is 12.0 Å². The zero-order valence-electron chi connectivity index (χ0n) is 17.7. The third-order valence-electron chi connectivity index (χ3n) is 5.43. The van der Waals surface area contributed by atoms with Crippen LogP contribution in [-0.2, 0) is 4.74 Å². The maximum atomic E-state index is 13.4. The van der Waals surface area contributed by atoms with Crippen molar-refractivity contribution in [2.45, 2.75) is 59.5 Å². The first-order chi connectivity index (χ1) is 13.8. The molecule has 1 amide bonds. The lowest BCUT2D eigenvalue weighted by atomic mass is 9.99. The second-order valence-electron chi connectivity index (χ2n) is 7.70. The highest BCUT2D eigenvalue weighted by Gasteiger charge is 2.40. The number of carbonyl (C=O) groups excluding carboxylic acids is 3. The van der Waals surface area contributed by atoms with Crippen LogP contribution in [-0.4, -0.2) is 46.2 Å². The number of aromatic nitrogens is 1. The van der Waals surface area contributed by atoms with Gasteiger partial charge < -0.3 is 14.6 Å². The van der Waals surface area contributed by atoms with Crippen molar-refractivity contribution in [1.82, 2.24) is 9.88 Å². The number of hydrogen-bond acceptors (Lipinski definition) is 4. The number of ketones is 1. The van der Waals surface area contributed by atoms with Gasteiger partial charge in [-0.1, -0.05) is 17.7 Å². The predicted molar refractivity (Wildman–Crippen MR) is 110 cm³/mol. The van der Waals surface area contributed by atoms with Crippen LogP contribution in [0.1, 0.15) is 74.7 Å². The molecule has 3 rings (SSSR count). The quantitative estimate of drug-likeness (QED) is 0.567. The zero-order chi connectivity index (χ0) is 21.3. The van der Waals surface area contributed by atoms with E-state index in [0.29, 0.717) is 28.1 Å². The monoisotopic (exact) mass is 396 g/mol. The fraction of sp³-hybridized carbons (Fsp3) is 0.435. The minimum atomic E-state index is -0.625. The van der Waals surface area contributed by atoms with Crippen LogP contribution in [0.15, 0.2) is 24.3 Å². The summed E-state index contributed by atoms with van der Waals surface area (Å²) in [7, 11) is 0.